The standard InChI is InChI=1S/C14H11N5O2/c15-12-13(20-10-3-1-5-16-7-10)18-9-19-14(12)21-11-4-2-6-17-8-11/h1-9H,15H2. The minimum atomic E-state index is 0.199. The maximum absolute atomic E-state index is 5.96. The molecule has 104 valence electrons. The molecule has 0 fully saturated rings. The van der Waals surface area contributed by atoms with Gasteiger partial charge in [0.25, 0.3) is 0 Å². The van der Waals surface area contributed by atoms with Gasteiger partial charge < -0.3 is 15.2 Å². The summed E-state index contributed by atoms with van der Waals surface area (Å²) >= 11 is 0. The minimum Gasteiger partial charge on any atom is -0.435 e. The molecular formula is C14H11N5O2. The molecule has 0 aromatic carbocycles. The van der Waals surface area contributed by atoms with Crippen LogP contribution in [0, 0.1) is 0 Å². The molecule has 21 heavy (non-hydrogen) atoms. The van der Waals surface area contributed by atoms with Crippen molar-refractivity contribution in [3.63, 3.8) is 0 Å². The minimum absolute atomic E-state index is 0.199. The van der Waals surface area contributed by atoms with Gasteiger partial charge >= 0.3 is 0 Å². The van der Waals surface area contributed by atoms with Crippen LogP contribution < -0.4 is 15.2 Å². The van der Waals surface area contributed by atoms with Gasteiger partial charge in [0, 0.05) is 12.4 Å². The maximum atomic E-state index is 5.96. The van der Waals surface area contributed by atoms with Crippen molar-refractivity contribution < 1.29 is 9.47 Å². The number of rotatable bonds is 4. The molecule has 0 bridgehead atoms. The van der Waals surface area contributed by atoms with Crippen molar-refractivity contribution in [2.45, 2.75) is 0 Å². The normalized spacial score (nSPS) is 10.1. The highest BCUT2D eigenvalue weighted by molar-refractivity contribution is 5.57. The predicted molar refractivity (Wildman–Crippen MR) is 75.1 cm³/mol. The van der Waals surface area contributed by atoms with Crippen LogP contribution in [0.3, 0.4) is 0 Å². The van der Waals surface area contributed by atoms with Gasteiger partial charge in [-0.2, -0.15) is 9.97 Å². The van der Waals surface area contributed by atoms with Crippen molar-refractivity contribution >= 4 is 5.69 Å². The van der Waals surface area contributed by atoms with Crippen molar-refractivity contribution in [1.29, 1.82) is 0 Å². The zero-order valence-corrected chi connectivity index (χ0v) is 10.9. The van der Waals surface area contributed by atoms with Crippen molar-refractivity contribution in [2.24, 2.45) is 0 Å². The lowest BCUT2D eigenvalue weighted by Crippen LogP contribution is -2.00. The van der Waals surface area contributed by atoms with Crippen LogP contribution in [0.2, 0.25) is 0 Å². The molecular weight excluding hydrogens is 270 g/mol. The van der Waals surface area contributed by atoms with Crippen LogP contribution in [-0.4, -0.2) is 19.9 Å². The van der Waals surface area contributed by atoms with E-state index in [2.05, 4.69) is 19.9 Å². The molecule has 3 rings (SSSR count). The Morgan fingerprint density at radius 2 is 1.33 bits per heavy atom. The summed E-state index contributed by atoms with van der Waals surface area (Å²) in [5, 5.41) is 0. The molecule has 0 spiro atoms. The second-order valence-electron chi connectivity index (χ2n) is 3.98. The number of nitrogen functional groups attached to an aromatic ring is 1. The molecule has 0 aliphatic rings. The van der Waals surface area contributed by atoms with Crippen molar-refractivity contribution in [3.05, 3.63) is 55.4 Å². The van der Waals surface area contributed by atoms with Crippen LogP contribution in [0.1, 0.15) is 0 Å². The van der Waals surface area contributed by atoms with E-state index in [1.165, 1.54) is 6.33 Å². The summed E-state index contributed by atoms with van der Waals surface area (Å²) in [5.74, 6) is 1.46. The van der Waals surface area contributed by atoms with Crippen LogP contribution in [-0.2, 0) is 0 Å². The Morgan fingerprint density at radius 3 is 1.76 bits per heavy atom. The van der Waals surface area contributed by atoms with Crippen molar-refractivity contribution in [1.82, 2.24) is 19.9 Å². The lowest BCUT2D eigenvalue weighted by Gasteiger charge is -2.10. The van der Waals surface area contributed by atoms with Crippen molar-refractivity contribution in [2.75, 3.05) is 5.73 Å². The first-order chi connectivity index (χ1) is 10.3. The molecule has 0 amide bonds. The third-order valence-electron chi connectivity index (χ3n) is 2.51. The second-order valence-corrected chi connectivity index (χ2v) is 3.98. The zero-order valence-electron chi connectivity index (χ0n) is 10.9. The molecule has 0 saturated heterocycles. The SMILES string of the molecule is Nc1c(Oc2cccnc2)ncnc1Oc1cccnc1. The average molecular weight is 281 g/mol. The Balaban J connectivity index is 1.85. The molecule has 3 aromatic rings. The van der Waals surface area contributed by atoms with E-state index < -0.39 is 0 Å². The number of aromatic nitrogens is 4. The number of hydrogen-bond acceptors (Lipinski definition) is 7. The molecule has 3 heterocycles. The molecule has 0 unspecified atom stereocenters. The molecule has 7 heteroatoms. The zero-order chi connectivity index (χ0) is 14.5. The topological polar surface area (TPSA) is 96.0 Å². The first-order valence-electron chi connectivity index (χ1n) is 6.09. The van der Waals surface area contributed by atoms with Gasteiger partial charge in [-0.15, -0.1) is 0 Å². The molecule has 2 N–H and O–H groups in total. The lowest BCUT2D eigenvalue weighted by atomic mass is 10.4. The lowest BCUT2D eigenvalue weighted by molar-refractivity contribution is 0.436. The number of nitrogens with zero attached hydrogens (tertiary/aromatic N) is 4. The molecule has 0 aliphatic carbocycles. The Labute approximate surface area is 120 Å². The Bertz CT molecular complexity index is 662. The first kappa shape index (κ1) is 12.8. The summed E-state index contributed by atoms with van der Waals surface area (Å²) in [6.45, 7) is 0. The number of hydrogen-bond donors (Lipinski definition) is 1. The van der Waals surface area contributed by atoms with Gasteiger partial charge in [0.05, 0.1) is 12.4 Å². The van der Waals surface area contributed by atoms with Gasteiger partial charge in [0.2, 0.25) is 11.8 Å². The van der Waals surface area contributed by atoms with Gasteiger partial charge in [0.15, 0.2) is 5.69 Å². The van der Waals surface area contributed by atoms with Gasteiger partial charge in [-0.1, -0.05) is 0 Å². The van der Waals surface area contributed by atoms with E-state index in [0.717, 1.165) is 0 Å². The van der Waals surface area contributed by atoms with Gasteiger partial charge in [-0.25, -0.2) is 0 Å². The first-order valence-corrected chi connectivity index (χ1v) is 6.09. The fourth-order valence-corrected chi connectivity index (χ4v) is 1.57. The summed E-state index contributed by atoms with van der Waals surface area (Å²) in [6.07, 6.45) is 7.72. The summed E-state index contributed by atoms with van der Waals surface area (Å²) in [4.78, 5) is 15.9. The average Bonchev–Trinajstić information content (AvgIpc) is 2.53. The summed E-state index contributed by atoms with van der Waals surface area (Å²) in [5.41, 5.74) is 6.16. The highest BCUT2D eigenvalue weighted by Crippen LogP contribution is 2.32. The second kappa shape index (κ2) is 5.83. The highest BCUT2D eigenvalue weighted by atomic mass is 16.5. The van der Waals surface area contributed by atoms with E-state index in [9.17, 15) is 0 Å². The number of ether oxygens (including phenoxy) is 2. The Hall–Kier alpha value is -3.22. The smallest absolute Gasteiger partial charge is 0.249 e. The largest absolute Gasteiger partial charge is 0.435 e. The van der Waals surface area contributed by atoms with E-state index in [1.807, 2.05) is 0 Å². The van der Waals surface area contributed by atoms with E-state index in [4.69, 9.17) is 15.2 Å². The van der Waals surface area contributed by atoms with Crippen LogP contribution in [0.4, 0.5) is 5.69 Å². The third-order valence-corrected chi connectivity index (χ3v) is 2.51. The highest BCUT2D eigenvalue weighted by Gasteiger charge is 2.12. The molecule has 7 nitrogen and oxygen atoms in total. The monoisotopic (exact) mass is 281 g/mol. The van der Waals surface area contributed by atoms with E-state index in [-0.39, 0.29) is 17.4 Å². The fraction of sp³-hybridized carbons (Fsp3) is 0. The molecule has 0 aliphatic heterocycles. The van der Waals surface area contributed by atoms with Gasteiger partial charge in [0.1, 0.15) is 17.8 Å². The Morgan fingerprint density at radius 1 is 0.810 bits per heavy atom. The number of pyridine rings is 2. The predicted octanol–water partition coefficient (Wildman–Crippen LogP) is 2.43. The van der Waals surface area contributed by atoms with Crippen LogP contribution in [0.25, 0.3) is 0 Å². The summed E-state index contributed by atoms with van der Waals surface area (Å²) in [7, 11) is 0. The summed E-state index contributed by atoms with van der Waals surface area (Å²) in [6, 6.07) is 6.99. The van der Waals surface area contributed by atoms with Crippen LogP contribution >= 0.6 is 0 Å². The van der Waals surface area contributed by atoms with E-state index in [1.54, 1.807) is 49.1 Å². The summed E-state index contributed by atoms with van der Waals surface area (Å²) < 4.78 is 11.1. The molecule has 0 radical (unpaired) electrons. The number of anilines is 1. The molecule has 0 saturated carbocycles. The molecule has 3 aromatic heterocycles. The third kappa shape index (κ3) is 3.03. The van der Waals surface area contributed by atoms with E-state index in [0.29, 0.717) is 11.5 Å². The number of nitrogens with two attached hydrogens (primary N) is 1. The van der Waals surface area contributed by atoms with Gasteiger partial charge in [-0.05, 0) is 24.3 Å². The fourth-order valence-electron chi connectivity index (χ4n) is 1.57. The van der Waals surface area contributed by atoms with Gasteiger partial charge in [-0.3, -0.25) is 9.97 Å². The molecule has 0 atom stereocenters. The van der Waals surface area contributed by atoms with Crippen LogP contribution in [0.5, 0.6) is 23.3 Å². The quantitative estimate of drug-likeness (QED) is 0.784. The van der Waals surface area contributed by atoms with Crippen LogP contribution in [0.15, 0.2) is 55.4 Å². The Kier molecular flexibility index (Phi) is 3.55. The maximum Gasteiger partial charge on any atom is 0.249 e. The van der Waals surface area contributed by atoms with Crippen molar-refractivity contribution in [3.8, 4) is 23.3 Å². The van der Waals surface area contributed by atoms with E-state index >= 15 is 0 Å².